The second kappa shape index (κ2) is 18.7. The number of phenols is 1. The van der Waals surface area contributed by atoms with Gasteiger partial charge in [0.2, 0.25) is 5.91 Å². The van der Waals surface area contributed by atoms with Crippen LogP contribution < -0.4 is 26.3 Å². The molecule has 0 saturated carbocycles. The monoisotopic (exact) mass is 912 g/mol. The van der Waals surface area contributed by atoms with Crippen molar-refractivity contribution in [3.8, 4) is 50.7 Å². The topological polar surface area (TPSA) is 249 Å². The second-order valence-electron chi connectivity index (χ2n) is 15.7. The van der Waals surface area contributed by atoms with Gasteiger partial charge in [-0.2, -0.15) is 0 Å². The standard InChI is InChI=1S/C52H40N4O12/c1-53-29-10-15-34-42(23-29)67-43-24-30(56(2)3)11-16-35(43)46(34)32-13-8-27(21-38(32)51(63)64)49(60)54-20-6-4-5-7-45(59)55-26-40-41(58)19-18-37-47(36-17-12-31(57)25-44(36)68-48(37)40)33-14-9-28(50(61)62)22-39(33)52(65)66/h4-19,21-25,58H,20,26H2,1-3H3,(H,54,60)(H,55,59)(H,61,62)(H,63,64)(H,65,66). The third-order valence-corrected chi connectivity index (χ3v) is 11.3. The summed E-state index contributed by atoms with van der Waals surface area (Å²) in [5, 5.41) is 48.0. The molecule has 16 nitrogen and oxygen atoms in total. The SMILES string of the molecule is CN=c1ccc2c(-c3ccc(C(=O)NCC=CC=CC(=O)NCc4c(O)ccc5c(-c6ccc(C(=O)O)cc6C(=O)O)c6ccc(=O)cc-6oc45)cc3C(=O)O)c3ccc(N(C)C)cc3oc-2c1. The van der Waals surface area contributed by atoms with Crippen LogP contribution in [0.25, 0.3) is 66.8 Å². The summed E-state index contributed by atoms with van der Waals surface area (Å²) in [6.07, 6.45) is 5.70. The van der Waals surface area contributed by atoms with Crippen LogP contribution in [0.3, 0.4) is 0 Å². The molecular weight excluding hydrogens is 873 g/mol. The molecule has 2 aliphatic carbocycles. The molecule has 6 N–H and O–H groups in total. The number of amides is 2. The third kappa shape index (κ3) is 8.88. The van der Waals surface area contributed by atoms with Crippen LogP contribution in [-0.4, -0.2) is 77.8 Å². The average molecular weight is 913 g/mol. The van der Waals surface area contributed by atoms with Gasteiger partial charge in [0.15, 0.2) is 5.43 Å². The second-order valence-corrected chi connectivity index (χ2v) is 15.7. The van der Waals surface area contributed by atoms with Crippen LogP contribution in [0.5, 0.6) is 5.75 Å². The van der Waals surface area contributed by atoms with Crippen LogP contribution in [0, 0.1) is 0 Å². The maximum atomic E-state index is 13.3. The lowest BCUT2D eigenvalue weighted by atomic mass is 9.89. The molecule has 68 heavy (non-hydrogen) atoms. The molecule has 8 rings (SSSR count). The van der Waals surface area contributed by atoms with E-state index in [1.807, 2.05) is 49.3 Å². The van der Waals surface area contributed by atoms with E-state index in [0.717, 1.165) is 11.8 Å². The lowest BCUT2D eigenvalue weighted by Crippen LogP contribution is -2.23. The van der Waals surface area contributed by atoms with E-state index in [1.54, 1.807) is 31.3 Å². The van der Waals surface area contributed by atoms with Gasteiger partial charge in [0.05, 0.1) is 34.2 Å². The number of anilines is 1. The molecule has 4 aromatic carbocycles. The van der Waals surface area contributed by atoms with Crippen molar-refractivity contribution in [3.63, 3.8) is 0 Å². The van der Waals surface area contributed by atoms with Crippen LogP contribution in [0.1, 0.15) is 47.0 Å². The zero-order valence-corrected chi connectivity index (χ0v) is 36.5. The maximum Gasteiger partial charge on any atom is 0.336 e. The summed E-state index contributed by atoms with van der Waals surface area (Å²) in [5.74, 6) is -4.77. The molecule has 0 saturated heterocycles. The number of carbonyl (C=O) groups excluding carboxylic acids is 2. The highest BCUT2D eigenvalue weighted by Gasteiger charge is 2.26. The largest absolute Gasteiger partial charge is 0.507 e. The van der Waals surface area contributed by atoms with Gasteiger partial charge in [0.1, 0.15) is 28.4 Å². The molecule has 2 amide bonds. The van der Waals surface area contributed by atoms with Gasteiger partial charge in [0.25, 0.3) is 5.91 Å². The number of aromatic hydroxyl groups is 1. The molecule has 2 heterocycles. The Labute approximate surface area is 385 Å². The fraction of sp³-hybridized carbons (Fsp3) is 0.0962. The van der Waals surface area contributed by atoms with E-state index in [0.29, 0.717) is 55.3 Å². The predicted octanol–water partition coefficient (Wildman–Crippen LogP) is 7.64. The number of allylic oxidation sites excluding steroid dienone is 2. The van der Waals surface area contributed by atoms with Gasteiger partial charge in [-0.05, 0) is 83.9 Å². The summed E-state index contributed by atoms with van der Waals surface area (Å²) < 4.78 is 12.4. The zero-order chi connectivity index (χ0) is 48.4. The number of rotatable bonds is 13. The number of hydrogen-bond donors (Lipinski definition) is 6. The summed E-state index contributed by atoms with van der Waals surface area (Å²) in [6.45, 7) is -0.239. The van der Waals surface area contributed by atoms with Crippen LogP contribution in [0.4, 0.5) is 5.69 Å². The Kier molecular flexibility index (Phi) is 12.4. The Morgan fingerprint density at radius 1 is 0.662 bits per heavy atom. The number of benzene rings is 6. The Morgan fingerprint density at radius 3 is 1.97 bits per heavy atom. The minimum Gasteiger partial charge on any atom is -0.507 e. The Balaban J connectivity index is 0.982. The molecule has 0 unspecified atom stereocenters. The van der Waals surface area contributed by atoms with E-state index in [-0.39, 0.29) is 63.6 Å². The highest BCUT2D eigenvalue weighted by Crippen LogP contribution is 2.45. The zero-order valence-electron chi connectivity index (χ0n) is 36.5. The van der Waals surface area contributed by atoms with Crippen molar-refractivity contribution in [2.24, 2.45) is 4.99 Å². The van der Waals surface area contributed by atoms with Crippen molar-refractivity contribution >= 4 is 57.3 Å². The Bertz CT molecular complexity index is 3530. The summed E-state index contributed by atoms with van der Waals surface area (Å²) in [6, 6.07) is 26.0. The number of nitrogens with one attached hydrogen (secondary N) is 2. The molecule has 0 atom stereocenters. The van der Waals surface area contributed by atoms with Gasteiger partial charge in [0, 0.05) is 96.2 Å². The lowest BCUT2D eigenvalue weighted by molar-refractivity contribution is -0.116. The van der Waals surface area contributed by atoms with Crippen LogP contribution >= 0.6 is 0 Å². The number of nitrogens with zero attached hydrogens (tertiary/aromatic N) is 2. The average Bonchev–Trinajstić information content (AvgIpc) is 3.32. The summed E-state index contributed by atoms with van der Waals surface area (Å²) in [4.78, 5) is 81.7. The molecule has 340 valence electrons. The summed E-state index contributed by atoms with van der Waals surface area (Å²) in [5.41, 5.74) is 3.08. The Hall–Kier alpha value is -9.31. The normalized spacial score (nSPS) is 11.8. The minimum atomic E-state index is -1.40. The maximum absolute atomic E-state index is 13.3. The van der Waals surface area contributed by atoms with E-state index in [2.05, 4.69) is 15.6 Å². The highest BCUT2D eigenvalue weighted by atomic mass is 16.4. The van der Waals surface area contributed by atoms with Gasteiger partial charge in [-0.25, -0.2) is 14.4 Å². The number of phenolic OH excluding ortho intramolecular Hbond substituents is 1. The Morgan fingerprint density at radius 2 is 1.29 bits per heavy atom. The van der Waals surface area contributed by atoms with Crippen molar-refractivity contribution in [1.29, 1.82) is 0 Å². The number of hydrogen-bond acceptors (Lipinski definition) is 11. The van der Waals surface area contributed by atoms with E-state index in [4.69, 9.17) is 8.83 Å². The van der Waals surface area contributed by atoms with Gasteiger partial charge in [-0.1, -0.05) is 30.4 Å². The van der Waals surface area contributed by atoms with Crippen LogP contribution in [-0.2, 0) is 11.3 Å². The summed E-state index contributed by atoms with van der Waals surface area (Å²) >= 11 is 0. The first-order chi connectivity index (χ1) is 32.6. The van der Waals surface area contributed by atoms with Gasteiger partial charge in [-0.15, -0.1) is 0 Å². The van der Waals surface area contributed by atoms with Crippen LogP contribution in [0.15, 0.2) is 146 Å². The first-order valence-corrected chi connectivity index (χ1v) is 20.8. The third-order valence-electron chi connectivity index (χ3n) is 11.3. The van der Waals surface area contributed by atoms with Crippen molar-refractivity contribution < 1.29 is 53.2 Å². The first-order valence-electron chi connectivity index (χ1n) is 20.8. The van der Waals surface area contributed by atoms with Gasteiger partial charge >= 0.3 is 17.9 Å². The number of carboxylic acid groups (broad SMARTS) is 3. The molecule has 0 bridgehead atoms. The number of carbonyl (C=O) groups is 5. The van der Waals surface area contributed by atoms with Crippen molar-refractivity contribution in [2.75, 3.05) is 32.6 Å². The fourth-order valence-electron chi connectivity index (χ4n) is 7.95. The predicted molar refractivity (Wildman–Crippen MR) is 254 cm³/mol. The fourth-order valence-corrected chi connectivity index (χ4v) is 7.95. The van der Waals surface area contributed by atoms with E-state index in [1.165, 1.54) is 66.8 Å². The van der Waals surface area contributed by atoms with E-state index < -0.39 is 35.2 Å². The number of carboxylic acids is 3. The smallest absolute Gasteiger partial charge is 0.336 e. The van der Waals surface area contributed by atoms with Crippen molar-refractivity contribution in [2.45, 2.75) is 6.54 Å². The first kappa shape index (κ1) is 45.3. The molecule has 0 fully saturated rings. The minimum absolute atomic E-state index is 0.0266. The van der Waals surface area contributed by atoms with E-state index in [9.17, 15) is 49.2 Å². The molecule has 0 radical (unpaired) electrons. The number of fused-ring (bicyclic) bond motifs is 4. The highest BCUT2D eigenvalue weighted by molar-refractivity contribution is 6.11. The summed E-state index contributed by atoms with van der Waals surface area (Å²) in [7, 11) is 5.47. The molecule has 2 aliphatic heterocycles. The van der Waals surface area contributed by atoms with E-state index >= 15 is 0 Å². The van der Waals surface area contributed by atoms with Crippen LogP contribution in [0.2, 0.25) is 0 Å². The van der Waals surface area contributed by atoms with Gasteiger partial charge in [-0.3, -0.25) is 19.4 Å². The number of aromatic carboxylic acids is 3. The molecule has 0 aromatic heterocycles. The lowest BCUT2D eigenvalue weighted by Gasteiger charge is -2.19. The quantitative estimate of drug-likeness (QED) is 0.0370. The molecule has 0 spiro atoms. The van der Waals surface area contributed by atoms with Gasteiger partial charge < -0.3 is 44.8 Å². The molecule has 4 aliphatic rings. The molecular formula is C52H40N4O12. The van der Waals surface area contributed by atoms with Crippen molar-refractivity contribution in [1.82, 2.24) is 10.6 Å². The van der Waals surface area contributed by atoms with Crippen molar-refractivity contribution in [3.05, 3.63) is 171 Å². The molecule has 4 aromatic rings. The molecule has 16 heteroatoms.